The number of benzene rings is 2. The van der Waals surface area contributed by atoms with Gasteiger partial charge in [-0.1, -0.05) is 42.0 Å². The molecule has 2 aromatic heterocycles. The van der Waals surface area contributed by atoms with Gasteiger partial charge in [-0.15, -0.1) is 0 Å². The van der Waals surface area contributed by atoms with Gasteiger partial charge in [-0.25, -0.2) is 9.18 Å². The zero-order valence-corrected chi connectivity index (χ0v) is 25.0. The number of nitrogens with two attached hydrogens (primary N) is 1. The Morgan fingerprint density at radius 3 is 2.38 bits per heavy atom. The first-order valence-electron chi connectivity index (χ1n) is 14.8. The zero-order chi connectivity index (χ0) is 32.1. The fraction of sp³-hybridized carbons (Fsp3) is 0.394. The number of fused-ring (bicyclic) bond motifs is 2. The number of piperidine rings is 1. The molecule has 0 bridgehead atoms. The zero-order valence-electron chi connectivity index (χ0n) is 25.0. The van der Waals surface area contributed by atoms with E-state index >= 15 is 0 Å². The molecule has 2 aliphatic rings. The van der Waals surface area contributed by atoms with Crippen molar-refractivity contribution in [3.63, 3.8) is 0 Å². The Kier molecular flexibility index (Phi) is 8.09. The van der Waals surface area contributed by atoms with Crippen LogP contribution in [0, 0.1) is 19.7 Å². The van der Waals surface area contributed by atoms with Gasteiger partial charge in [0.25, 0.3) is 5.56 Å². The molecule has 1 atom stereocenters. The monoisotopic (exact) mass is 626 g/mol. The summed E-state index contributed by atoms with van der Waals surface area (Å²) in [7, 11) is 0. The second-order valence-electron chi connectivity index (χ2n) is 12.0. The number of hydrogen-bond donors (Lipinski definition) is 1. The standard InChI is InChI=1S/C33H34F4N4O4/c1-20-5-3-7-22(15-20)26(38)18-41-30(42)29-27(40(31(41)43)17-24-21(2)6-4-8-25(24)34)19-44-32(29)11-13-39(14-12-32)16-23-9-10-28(45-23)33(35,36)37/h3-10,15,26H,11-14,16-19,38H2,1-2H3. The quantitative estimate of drug-likeness (QED) is 0.285. The van der Waals surface area contributed by atoms with Gasteiger partial charge in [0.1, 0.15) is 17.2 Å². The fourth-order valence-corrected chi connectivity index (χ4v) is 6.48. The number of furan rings is 1. The molecule has 2 aliphatic heterocycles. The number of alkyl halides is 3. The molecule has 4 aromatic rings. The molecule has 0 saturated carbocycles. The van der Waals surface area contributed by atoms with Crippen LogP contribution in [0.15, 0.2) is 68.6 Å². The average molecular weight is 627 g/mol. The van der Waals surface area contributed by atoms with Crippen LogP contribution < -0.4 is 17.0 Å². The first-order chi connectivity index (χ1) is 21.4. The summed E-state index contributed by atoms with van der Waals surface area (Å²) in [6.07, 6.45) is -3.84. The van der Waals surface area contributed by atoms with Crippen LogP contribution in [-0.4, -0.2) is 27.1 Å². The number of nitrogens with zero attached hydrogens (tertiary/aromatic N) is 3. The summed E-state index contributed by atoms with van der Waals surface area (Å²) in [6.45, 7) is 4.49. The summed E-state index contributed by atoms with van der Waals surface area (Å²) in [5.41, 5.74) is 7.94. The molecule has 1 saturated heterocycles. The van der Waals surface area contributed by atoms with Crippen LogP contribution >= 0.6 is 0 Å². The average Bonchev–Trinajstić information content (AvgIpc) is 3.61. The smallest absolute Gasteiger partial charge is 0.449 e. The lowest BCUT2D eigenvalue weighted by molar-refractivity contribution is -0.153. The topological polar surface area (TPSA) is 95.6 Å². The van der Waals surface area contributed by atoms with E-state index in [1.807, 2.05) is 36.1 Å². The third-order valence-corrected chi connectivity index (χ3v) is 8.98. The molecule has 2 N–H and O–H groups in total. The molecule has 238 valence electrons. The van der Waals surface area contributed by atoms with Gasteiger partial charge in [-0.3, -0.25) is 18.8 Å². The van der Waals surface area contributed by atoms with E-state index in [1.54, 1.807) is 19.1 Å². The largest absolute Gasteiger partial charge is 0.455 e. The molecule has 1 unspecified atom stereocenters. The highest BCUT2D eigenvalue weighted by Crippen LogP contribution is 2.43. The van der Waals surface area contributed by atoms with E-state index < -0.39 is 40.6 Å². The third kappa shape index (κ3) is 5.89. The summed E-state index contributed by atoms with van der Waals surface area (Å²) in [4.78, 5) is 30.1. The van der Waals surface area contributed by atoms with Gasteiger partial charge >= 0.3 is 11.9 Å². The Balaban J connectivity index is 1.36. The molecule has 0 amide bonds. The summed E-state index contributed by atoms with van der Waals surface area (Å²) in [6, 6.07) is 13.8. The van der Waals surface area contributed by atoms with Crippen LogP contribution in [0.25, 0.3) is 0 Å². The molecular formula is C33H34F4N4O4. The minimum atomic E-state index is -4.57. The second kappa shape index (κ2) is 11.7. The normalized spacial score (nSPS) is 17.1. The van der Waals surface area contributed by atoms with Crippen LogP contribution in [0.2, 0.25) is 0 Å². The highest BCUT2D eigenvalue weighted by Gasteiger charge is 2.47. The van der Waals surface area contributed by atoms with Gasteiger partial charge in [-0.2, -0.15) is 13.2 Å². The molecule has 45 heavy (non-hydrogen) atoms. The Hall–Kier alpha value is -4.00. The molecule has 6 rings (SSSR count). The van der Waals surface area contributed by atoms with Gasteiger partial charge in [0.05, 0.1) is 37.5 Å². The van der Waals surface area contributed by atoms with Crippen molar-refractivity contribution in [1.29, 1.82) is 0 Å². The third-order valence-electron chi connectivity index (χ3n) is 8.98. The predicted molar refractivity (Wildman–Crippen MR) is 158 cm³/mol. The number of rotatable bonds is 7. The first kappa shape index (κ1) is 31.0. The van der Waals surface area contributed by atoms with E-state index in [0.29, 0.717) is 48.3 Å². The number of ether oxygens (including phenoxy) is 1. The molecule has 1 fully saturated rings. The van der Waals surface area contributed by atoms with E-state index in [2.05, 4.69) is 0 Å². The maximum Gasteiger partial charge on any atom is 0.449 e. The van der Waals surface area contributed by atoms with Gasteiger partial charge in [0, 0.05) is 24.7 Å². The highest BCUT2D eigenvalue weighted by molar-refractivity contribution is 5.33. The van der Waals surface area contributed by atoms with Crippen molar-refractivity contribution in [2.75, 3.05) is 13.1 Å². The minimum absolute atomic E-state index is 0.00872. The number of aromatic nitrogens is 2. The molecule has 8 nitrogen and oxygen atoms in total. The van der Waals surface area contributed by atoms with Crippen LogP contribution in [0.5, 0.6) is 0 Å². The van der Waals surface area contributed by atoms with E-state index in [0.717, 1.165) is 21.8 Å². The van der Waals surface area contributed by atoms with Crippen molar-refractivity contribution in [3.8, 4) is 0 Å². The van der Waals surface area contributed by atoms with E-state index in [1.165, 1.54) is 16.7 Å². The summed E-state index contributed by atoms with van der Waals surface area (Å²) in [5, 5.41) is 0. The Morgan fingerprint density at radius 2 is 1.71 bits per heavy atom. The van der Waals surface area contributed by atoms with Crippen molar-refractivity contribution in [3.05, 3.63) is 126 Å². The molecule has 2 aromatic carbocycles. The lowest BCUT2D eigenvalue weighted by atomic mass is 9.85. The Morgan fingerprint density at radius 1 is 0.978 bits per heavy atom. The van der Waals surface area contributed by atoms with Gasteiger partial charge in [0.2, 0.25) is 5.76 Å². The highest BCUT2D eigenvalue weighted by atomic mass is 19.4. The maximum absolute atomic E-state index is 15.0. The Labute approximate surface area is 256 Å². The fourth-order valence-electron chi connectivity index (χ4n) is 6.48. The molecule has 12 heteroatoms. The van der Waals surface area contributed by atoms with E-state index in [4.69, 9.17) is 14.9 Å². The number of aryl methyl sites for hydroxylation is 2. The van der Waals surface area contributed by atoms with Crippen LogP contribution in [0.4, 0.5) is 17.6 Å². The summed E-state index contributed by atoms with van der Waals surface area (Å²) in [5.74, 6) is -1.32. The number of hydrogen-bond acceptors (Lipinski definition) is 6. The van der Waals surface area contributed by atoms with E-state index in [-0.39, 0.29) is 32.0 Å². The second-order valence-corrected chi connectivity index (χ2v) is 12.0. The molecule has 0 aliphatic carbocycles. The molecule has 0 radical (unpaired) electrons. The van der Waals surface area contributed by atoms with Crippen LogP contribution in [-0.2, 0) is 42.8 Å². The number of halogens is 4. The number of likely N-dealkylation sites (tertiary alicyclic amines) is 1. The van der Waals surface area contributed by atoms with Crippen molar-refractivity contribution >= 4 is 0 Å². The lowest BCUT2D eigenvalue weighted by Gasteiger charge is -2.38. The molecule has 4 heterocycles. The van der Waals surface area contributed by atoms with Crippen molar-refractivity contribution in [1.82, 2.24) is 14.0 Å². The minimum Gasteiger partial charge on any atom is -0.455 e. The predicted octanol–water partition coefficient (Wildman–Crippen LogP) is 5.15. The van der Waals surface area contributed by atoms with Gasteiger partial charge < -0.3 is 14.9 Å². The Bertz CT molecular complexity index is 1830. The first-order valence-corrected chi connectivity index (χ1v) is 14.8. The summed E-state index contributed by atoms with van der Waals surface area (Å²) < 4.78 is 68.0. The molecule has 1 spiro atoms. The summed E-state index contributed by atoms with van der Waals surface area (Å²) >= 11 is 0. The van der Waals surface area contributed by atoms with Crippen molar-refractivity contribution in [2.24, 2.45) is 5.73 Å². The molecular weight excluding hydrogens is 592 g/mol. The SMILES string of the molecule is Cc1cccc(C(N)Cn2c(=O)c3c(n(Cc4c(C)cccc4F)c2=O)COC32CCN(Cc3ccc(C(F)(F)F)o3)CC2)c1. The van der Waals surface area contributed by atoms with E-state index in [9.17, 15) is 27.2 Å². The van der Waals surface area contributed by atoms with Gasteiger partial charge in [0.15, 0.2) is 0 Å². The van der Waals surface area contributed by atoms with Crippen LogP contribution in [0.3, 0.4) is 0 Å². The maximum atomic E-state index is 15.0. The van der Waals surface area contributed by atoms with Gasteiger partial charge in [-0.05, 0) is 56.0 Å². The lowest BCUT2D eigenvalue weighted by Crippen LogP contribution is -2.49. The van der Waals surface area contributed by atoms with Crippen molar-refractivity contribution < 1.29 is 26.7 Å². The van der Waals surface area contributed by atoms with Crippen molar-refractivity contribution in [2.45, 2.75) is 70.7 Å². The van der Waals surface area contributed by atoms with Crippen LogP contribution in [0.1, 0.15) is 63.9 Å².